The molecule has 2 N–H and O–H groups in total. The van der Waals surface area contributed by atoms with Crippen LogP contribution in [0.5, 0.6) is 11.5 Å². The highest BCUT2D eigenvalue weighted by atomic mass is 16.3. The predicted molar refractivity (Wildman–Crippen MR) is 88.4 cm³/mol. The summed E-state index contributed by atoms with van der Waals surface area (Å²) < 4.78 is 0. The number of ketones is 1. The van der Waals surface area contributed by atoms with Gasteiger partial charge in [-0.3, -0.25) is 4.79 Å². The van der Waals surface area contributed by atoms with Crippen molar-refractivity contribution in [1.82, 2.24) is 0 Å². The van der Waals surface area contributed by atoms with Crippen LogP contribution in [0.1, 0.15) is 11.1 Å². The summed E-state index contributed by atoms with van der Waals surface area (Å²) in [5.74, 6) is 0.299. The number of benzene rings is 2. The summed E-state index contributed by atoms with van der Waals surface area (Å²) in [4.78, 5) is 11.6. The van der Waals surface area contributed by atoms with Gasteiger partial charge >= 0.3 is 0 Å². The molecule has 0 amide bonds. The summed E-state index contributed by atoms with van der Waals surface area (Å²) >= 11 is 0. The highest BCUT2D eigenvalue weighted by Gasteiger charge is 1.91. The SMILES string of the molecule is O=C(C=Cc1ccc(O)cc1)/C=C/C=C/c1ccc(O)cc1. The Morgan fingerprint density at radius 2 is 1.18 bits per heavy atom. The molecule has 0 fully saturated rings. The fourth-order valence-electron chi connectivity index (χ4n) is 1.72. The smallest absolute Gasteiger partial charge is 0.178 e. The summed E-state index contributed by atoms with van der Waals surface area (Å²) in [7, 11) is 0. The first kappa shape index (κ1) is 15.3. The van der Waals surface area contributed by atoms with Crippen LogP contribution in [0.2, 0.25) is 0 Å². The fourth-order valence-corrected chi connectivity index (χ4v) is 1.72. The molecule has 0 aliphatic rings. The Balaban J connectivity index is 1.88. The van der Waals surface area contributed by atoms with Gasteiger partial charge in [-0.05, 0) is 47.5 Å². The van der Waals surface area contributed by atoms with E-state index in [9.17, 15) is 4.79 Å². The number of rotatable bonds is 5. The monoisotopic (exact) mass is 292 g/mol. The van der Waals surface area contributed by atoms with Crippen LogP contribution in [-0.4, -0.2) is 16.0 Å². The Morgan fingerprint density at radius 3 is 1.73 bits per heavy atom. The second-order valence-electron chi connectivity index (χ2n) is 4.64. The lowest BCUT2D eigenvalue weighted by Gasteiger charge is -1.93. The largest absolute Gasteiger partial charge is 0.508 e. The molecule has 2 aromatic carbocycles. The van der Waals surface area contributed by atoms with E-state index in [2.05, 4.69) is 0 Å². The fraction of sp³-hybridized carbons (Fsp3) is 0. The Labute approximate surface area is 129 Å². The summed E-state index contributed by atoms with van der Waals surface area (Å²) in [5, 5.41) is 18.3. The summed E-state index contributed by atoms with van der Waals surface area (Å²) in [6.45, 7) is 0. The Hall–Kier alpha value is -3.07. The topological polar surface area (TPSA) is 57.5 Å². The van der Waals surface area contributed by atoms with Gasteiger partial charge in [0.05, 0.1) is 0 Å². The minimum Gasteiger partial charge on any atom is -0.508 e. The van der Waals surface area contributed by atoms with E-state index in [1.807, 2.05) is 6.08 Å². The zero-order chi connectivity index (χ0) is 15.8. The van der Waals surface area contributed by atoms with Crippen molar-refractivity contribution in [2.45, 2.75) is 0 Å². The van der Waals surface area contributed by atoms with Crippen LogP contribution < -0.4 is 0 Å². The van der Waals surface area contributed by atoms with Gasteiger partial charge in [0.2, 0.25) is 0 Å². The third kappa shape index (κ3) is 5.13. The molecule has 2 rings (SSSR count). The number of phenols is 2. The lowest BCUT2D eigenvalue weighted by molar-refractivity contribution is -0.110. The molecule has 2 aromatic rings. The zero-order valence-corrected chi connectivity index (χ0v) is 11.9. The van der Waals surface area contributed by atoms with Crippen molar-refractivity contribution in [1.29, 1.82) is 0 Å². The number of aromatic hydroxyl groups is 2. The van der Waals surface area contributed by atoms with Crippen molar-refractivity contribution in [2.75, 3.05) is 0 Å². The quantitative estimate of drug-likeness (QED) is 0.648. The van der Waals surface area contributed by atoms with Crippen molar-refractivity contribution >= 4 is 17.9 Å². The first-order valence-corrected chi connectivity index (χ1v) is 6.78. The van der Waals surface area contributed by atoms with Crippen LogP contribution in [0.3, 0.4) is 0 Å². The van der Waals surface area contributed by atoms with Crippen LogP contribution in [0.4, 0.5) is 0 Å². The standard InChI is InChI=1S/C19H16O3/c20-17(10-7-16-8-13-19(22)14-9-16)4-2-1-3-15-5-11-18(21)12-6-15/h1-14,21-22H/b3-1+,4-2+,10-7?. The van der Waals surface area contributed by atoms with Gasteiger partial charge in [-0.2, -0.15) is 0 Å². The molecular formula is C19H16O3. The van der Waals surface area contributed by atoms with Gasteiger partial charge in [0, 0.05) is 0 Å². The third-order valence-corrected chi connectivity index (χ3v) is 2.89. The second-order valence-corrected chi connectivity index (χ2v) is 4.64. The number of allylic oxidation sites excluding steroid dienone is 4. The zero-order valence-electron chi connectivity index (χ0n) is 11.9. The Kier molecular flexibility index (Phi) is 5.32. The molecule has 0 aromatic heterocycles. The third-order valence-electron chi connectivity index (χ3n) is 2.89. The van der Waals surface area contributed by atoms with Crippen LogP contribution in [0, 0.1) is 0 Å². The molecule has 0 bridgehead atoms. The van der Waals surface area contributed by atoms with Gasteiger partial charge in [0.15, 0.2) is 5.78 Å². The first-order chi connectivity index (χ1) is 10.6. The van der Waals surface area contributed by atoms with Crippen LogP contribution >= 0.6 is 0 Å². The van der Waals surface area contributed by atoms with E-state index in [4.69, 9.17) is 10.2 Å². The molecule has 0 aliphatic carbocycles. The molecule has 0 saturated carbocycles. The number of carbonyl (C=O) groups excluding carboxylic acids is 1. The molecule has 3 heteroatoms. The average Bonchev–Trinajstić information content (AvgIpc) is 2.53. The molecule has 0 unspecified atom stereocenters. The maximum atomic E-state index is 11.6. The number of hydrogen-bond donors (Lipinski definition) is 2. The molecule has 3 nitrogen and oxygen atoms in total. The maximum absolute atomic E-state index is 11.6. The molecule has 0 atom stereocenters. The number of hydrogen-bond acceptors (Lipinski definition) is 3. The van der Waals surface area contributed by atoms with E-state index in [1.54, 1.807) is 66.8 Å². The maximum Gasteiger partial charge on any atom is 0.178 e. The van der Waals surface area contributed by atoms with E-state index >= 15 is 0 Å². The van der Waals surface area contributed by atoms with Gasteiger partial charge < -0.3 is 10.2 Å². The summed E-state index contributed by atoms with van der Waals surface area (Å²) in [6.07, 6.45) is 9.89. The molecule has 0 saturated heterocycles. The van der Waals surface area contributed by atoms with Crippen molar-refractivity contribution < 1.29 is 15.0 Å². The van der Waals surface area contributed by atoms with Crippen LogP contribution in [-0.2, 0) is 4.79 Å². The average molecular weight is 292 g/mol. The Morgan fingerprint density at radius 1 is 0.682 bits per heavy atom. The lowest BCUT2D eigenvalue weighted by atomic mass is 10.2. The molecule has 0 heterocycles. The Bertz CT molecular complexity index is 705. The van der Waals surface area contributed by atoms with Crippen molar-refractivity contribution in [3.8, 4) is 11.5 Å². The van der Waals surface area contributed by atoms with Crippen molar-refractivity contribution in [2.24, 2.45) is 0 Å². The number of phenolic OH excluding ortho intramolecular Hbond substituents is 2. The summed E-state index contributed by atoms with van der Waals surface area (Å²) in [5.41, 5.74) is 1.79. The highest BCUT2D eigenvalue weighted by molar-refractivity contribution is 6.02. The van der Waals surface area contributed by atoms with E-state index < -0.39 is 0 Å². The van der Waals surface area contributed by atoms with Crippen molar-refractivity contribution in [3.63, 3.8) is 0 Å². The molecule has 0 spiro atoms. The molecule has 0 radical (unpaired) electrons. The predicted octanol–water partition coefficient (Wildman–Crippen LogP) is 3.95. The van der Waals surface area contributed by atoms with Crippen molar-refractivity contribution in [3.05, 3.63) is 84.0 Å². The molecular weight excluding hydrogens is 276 g/mol. The van der Waals surface area contributed by atoms with Gasteiger partial charge in [-0.1, -0.05) is 48.6 Å². The molecule has 110 valence electrons. The van der Waals surface area contributed by atoms with E-state index in [0.717, 1.165) is 11.1 Å². The number of carbonyl (C=O) groups is 1. The van der Waals surface area contributed by atoms with Gasteiger partial charge in [-0.15, -0.1) is 0 Å². The van der Waals surface area contributed by atoms with E-state index in [1.165, 1.54) is 12.2 Å². The minimum absolute atomic E-state index is 0.122. The van der Waals surface area contributed by atoms with Gasteiger partial charge in [-0.25, -0.2) is 0 Å². The van der Waals surface area contributed by atoms with E-state index in [0.29, 0.717) is 0 Å². The summed E-state index contributed by atoms with van der Waals surface area (Å²) in [6, 6.07) is 13.4. The van der Waals surface area contributed by atoms with Crippen LogP contribution in [0.25, 0.3) is 12.2 Å². The molecule has 22 heavy (non-hydrogen) atoms. The highest BCUT2D eigenvalue weighted by Crippen LogP contribution is 2.11. The van der Waals surface area contributed by atoms with Gasteiger partial charge in [0.1, 0.15) is 11.5 Å². The normalized spacial score (nSPS) is 11.6. The van der Waals surface area contributed by atoms with Gasteiger partial charge in [0.25, 0.3) is 0 Å². The van der Waals surface area contributed by atoms with Crippen LogP contribution in [0.15, 0.2) is 72.8 Å². The first-order valence-electron chi connectivity index (χ1n) is 6.78. The second kappa shape index (κ2) is 7.64. The lowest BCUT2D eigenvalue weighted by Crippen LogP contribution is -1.83. The van der Waals surface area contributed by atoms with E-state index in [-0.39, 0.29) is 17.3 Å². The molecule has 0 aliphatic heterocycles. The minimum atomic E-state index is -0.122.